The molecule has 0 unspecified atom stereocenters. The van der Waals surface area contributed by atoms with Gasteiger partial charge in [-0.05, 0) is 12.1 Å². The van der Waals surface area contributed by atoms with E-state index in [-0.39, 0.29) is 22.5 Å². The number of anilines is 3. The maximum atomic E-state index is 12.9. The lowest BCUT2D eigenvalue weighted by Crippen LogP contribution is -2.12. The molecular weight excluding hydrogens is 295 g/mol. The Balaban J connectivity index is 2.40. The molecule has 0 aliphatic rings. The van der Waals surface area contributed by atoms with E-state index in [1.807, 2.05) is 0 Å². The average molecular weight is 304 g/mol. The Morgan fingerprint density at radius 2 is 1.90 bits per heavy atom. The van der Waals surface area contributed by atoms with Crippen LogP contribution in [0.5, 0.6) is 0 Å². The normalized spacial score (nSPS) is 11.2. The van der Waals surface area contributed by atoms with E-state index < -0.39 is 11.7 Å². The van der Waals surface area contributed by atoms with Gasteiger partial charge in [0.25, 0.3) is 0 Å². The monoisotopic (exact) mass is 303 g/mol. The van der Waals surface area contributed by atoms with Crippen LogP contribution in [0.2, 0.25) is 5.02 Å². The first-order valence-electron chi connectivity index (χ1n) is 5.34. The first-order chi connectivity index (χ1) is 9.41. The second kappa shape index (κ2) is 5.51. The lowest BCUT2D eigenvalue weighted by molar-refractivity contribution is -0.136. The molecule has 2 aromatic rings. The molecule has 5 nitrogen and oxygen atoms in total. The molecule has 0 bridgehead atoms. The Kier molecular flexibility index (Phi) is 3.96. The molecule has 2 rings (SSSR count). The number of hydrazine groups is 1. The van der Waals surface area contributed by atoms with Gasteiger partial charge in [-0.2, -0.15) is 18.2 Å². The number of nitrogens with zero attached hydrogens (tertiary/aromatic N) is 2. The van der Waals surface area contributed by atoms with Gasteiger partial charge in [-0.25, -0.2) is 10.8 Å². The average Bonchev–Trinajstić information content (AvgIpc) is 2.41. The molecule has 0 aliphatic carbocycles. The number of nitrogen functional groups attached to an aromatic ring is 1. The van der Waals surface area contributed by atoms with Crippen molar-refractivity contribution >= 4 is 29.1 Å². The zero-order valence-electron chi connectivity index (χ0n) is 9.87. The lowest BCUT2D eigenvalue weighted by atomic mass is 10.1. The molecule has 0 aliphatic heterocycles. The van der Waals surface area contributed by atoms with Crippen molar-refractivity contribution in [1.82, 2.24) is 9.97 Å². The molecular formula is C11H9ClF3N5. The highest BCUT2D eigenvalue weighted by molar-refractivity contribution is 6.32. The number of aromatic nitrogens is 2. The van der Waals surface area contributed by atoms with Gasteiger partial charge in [0.15, 0.2) is 5.82 Å². The van der Waals surface area contributed by atoms with Crippen molar-refractivity contribution in [2.45, 2.75) is 6.18 Å². The number of rotatable bonds is 3. The summed E-state index contributed by atoms with van der Waals surface area (Å²) in [6.45, 7) is 0. The highest BCUT2D eigenvalue weighted by Gasteiger charge is 2.33. The number of hydrogen-bond acceptors (Lipinski definition) is 5. The van der Waals surface area contributed by atoms with E-state index in [9.17, 15) is 13.2 Å². The fourth-order valence-corrected chi connectivity index (χ4v) is 1.63. The predicted octanol–water partition coefficient (Wildman–Crippen LogP) is 3.18. The number of alkyl halides is 3. The number of halogens is 4. The third-order valence-corrected chi connectivity index (χ3v) is 2.64. The molecule has 0 saturated heterocycles. The molecule has 20 heavy (non-hydrogen) atoms. The van der Waals surface area contributed by atoms with E-state index in [2.05, 4.69) is 20.7 Å². The van der Waals surface area contributed by atoms with Crippen molar-refractivity contribution in [3.63, 3.8) is 0 Å². The number of nitrogens with two attached hydrogens (primary N) is 1. The van der Waals surface area contributed by atoms with Crippen LogP contribution < -0.4 is 16.6 Å². The van der Waals surface area contributed by atoms with Gasteiger partial charge in [-0.1, -0.05) is 23.7 Å². The van der Waals surface area contributed by atoms with Crippen LogP contribution in [0, 0.1) is 0 Å². The standard InChI is InChI=1S/C11H9ClF3N5/c12-7-5-17-10(20-16)19-9(7)18-8-4-2-1-3-6(8)11(13,14)15/h1-5H,16H2,(H2,17,18,19,20). The third-order valence-electron chi connectivity index (χ3n) is 2.36. The summed E-state index contributed by atoms with van der Waals surface area (Å²) < 4.78 is 38.6. The van der Waals surface area contributed by atoms with E-state index in [1.54, 1.807) is 0 Å². The van der Waals surface area contributed by atoms with Crippen LogP contribution in [0.1, 0.15) is 5.56 Å². The Hall–Kier alpha value is -2.06. The SMILES string of the molecule is NNc1ncc(Cl)c(Nc2ccccc2C(F)(F)F)n1. The van der Waals surface area contributed by atoms with Gasteiger partial charge in [-0.3, -0.25) is 5.43 Å². The van der Waals surface area contributed by atoms with Crippen molar-refractivity contribution in [2.24, 2.45) is 5.84 Å². The van der Waals surface area contributed by atoms with E-state index >= 15 is 0 Å². The summed E-state index contributed by atoms with van der Waals surface area (Å²) in [6.07, 6.45) is -3.26. The van der Waals surface area contributed by atoms with Crippen LogP contribution in [0.4, 0.5) is 30.6 Å². The molecule has 1 aromatic heterocycles. The van der Waals surface area contributed by atoms with Gasteiger partial charge < -0.3 is 5.32 Å². The number of benzene rings is 1. The summed E-state index contributed by atoms with van der Waals surface area (Å²) in [5.41, 5.74) is 1.20. The topological polar surface area (TPSA) is 75.9 Å². The van der Waals surface area contributed by atoms with Crippen LogP contribution in [-0.4, -0.2) is 9.97 Å². The van der Waals surface area contributed by atoms with Crippen LogP contribution in [-0.2, 0) is 6.18 Å². The van der Waals surface area contributed by atoms with Crippen molar-refractivity contribution < 1.29 is 13.2 Å². The van der Waals surface area contributed by atoms with E-state index in [1.165, 1.54) is 24.4 Å². The summed E-state index contributed by atoms with van der Waals surface area (Å²) in [4.78, 5) is 7.58. The van der Waals surface area contributed by atoms with Crippen molar-refractivity contribution in [1.29, 1.82) is 0 Å². The molecule has 106 valence electrons. The Labute approximate surface area is 117 Å². The molecule has 0 saturated carbocycles. The van der Waals surface area contributed by atoms with Gasteiger partial charge in [-0.15, -0.1) is 0 Å². The molecule has 0 fully saturated rings. The largest absolute Gasteiger partial charge is 0.418 e. The lowest BCUT2D eigenvalue weighted by Gasteiger charge is -2.14. The van der Waals surface area contributed by atoms with Crippen LogP contribution in [0.3, 0.4) is 0 Å². The molecule has 4 N–H and O–H groups in total. The van der Waals surface area contributed by atoms with E-state index in [0.717, 1.165) is 6.07 Å². The summed E-state index contributed by atoms with van der Waals surface area (Å²) in [7, 11) is 0. The summed E-state index contributed by atoms with van der Waals surface area (Å²) in [5, 5.41) is 2.59. The molecule has 9 heteroatoms. The molecule has 0 amide bonds. The summed E-state index contributed by atoms with van der Waals surface area (Å²) >= 11 is 5.83. The van der Waals surface area contributed by atoms with Crippen LogP contribution in [0.15, 0.2) is 30.5 Å². The minimum atomic E-state index is -4.49. The highest BCUT2D eigenvalue weighted by Crippen LogP contribution is 2.36. The second-order valence-electron chi connectivity index (χ2n) is 3.70. The minimum Gasteiger partial charge on any atom is -0.338 e. The number of hydrogen-bond donors (Lipinski definition) is 3. The molecule has 0 spiro atoms. The minimum absolute atomic E-state index is 0.0197. The molecule has 0 atom stereocenters. The highest BCUT2D eigenvalue weighted by atomic mass is 35.5. The Morgan fingerprint density at radius 3 is 2.55 bits per heavy atom. The van der Waals surface area contributed by atoms with Crippen LogP contribution >= 0.6 is 11.6 Å². The first kappa shape index (κ1) is 14.4. The first-order valence-corrected chi connectivity index (χ1v) is 5.72. The smallest absolute Gasteiger partial charge is 0.338 e. The zero-order valence-corrected chi connectivity index (χ0v) is 10.6. The summed E-state index contributed by atoms with van der Waals surface area (Å²) in [6, 6.07) is 4.99. The predicted molar refractivity (Wildman–Crippen MR) is 69.6 cm³/mol. The quantitative estimate of drug-likeness (QED) is 0.600. The molecule has 0 radical (unpaired) electrons. The van der Waals surface area contributed by atoms with E-state index in [4.69, 9.17) is 17.4 Å². The van der Waals surface area contributed by atoms with Gasteiger partial charge in [0.05, 0.1) is 17.4 Å². The van der Waals surface area contributed by atoms with Gasteiger partial charge in [0.1, 0.15) is 5.02 Å². The fourth-order valence-electron chi connectivity index (χ4n) is 1.49. The van der Waals surface area contributed by atoms with Gasteiger partial charge in [0.2, 0.25) is 5.95 Å². The second-order valence-corrected chi connectivity index (χ2v) is 4.11. The van der Waals surface area contributed by atoms with E-state index in [0.29, 0.717) is 0 Å². The zero-order chi connectivity index (χ0) is 14.8. The maximum Gasteiger partial charge on any atom is 0.418 e. The molecule has 1 aromatic carbocycles. The Morgan fingerprint density at radius 1 is 1.20 bits per heavy atom. The van der Waals surface area contributed by atoms with Crippen LogP contribution in [0.25, 0.3) is 0 Å². The summed E-state index contributed by atoms with van der Waals surface area (Å²) in [5.74, 6) is 5.18. The molecule has 1 heterocycles. The van der Waals surface area contributed by atoms with Gasteiger partial charge >= 0.3 is 6.18 Å². The fraction of sp³-hybridized carbons (Fsp3) is 0.0909. The van der Waals surface area contributed by atoms with Gasteiger partial charge in [0, 0.05) is 0 Å². The van der Waals surface area contributed by atoms with Crippen molar-refractivity contribution in [2.75, 3.05) is 10.7 Å². The number of nitrogens with one attached hydrogen (secondary N) is 2. The van der Waals surface area contributed by atoms with Crippen molar-refractivity contribution in [3.05, 3.63) is 41.0 Å². The maximum absolute atomic E-state index is 12.9. The third kappa shape index (κ3) is 3.09. The Bertz CT molecular complexity index is 617. The van der Waals surface area contributed by atoms with Crippen molar-refractivity contribution in [3.8, 4) is 0 Å². The number of para-hydroxylation sites is 1.